The molecule has 90 valence electrons. The summed E-state index contributed by atoms with van der Waals surface area (Å²) in [5.41, 5.74) is 0. The van der Waals surface area contributed by atoms with Crippen molar-refractivity contribution < 1.29 is 23.6 Å². The van der Waals surface area contributed by atoms with E-state index in [4.69, 9.17) is 21.0 Å². The van der Waals surface area contributed by atoms with Gasteiger partial charge in [-0.05, 0) is 13.3 Å². The van der Waals surface area contributed by atoms with Crippen LogP contribution in [0.1, 0.15) is 20.3 Å². The topological polar surface area (TPSA) is 76.1 Å². The summed E-state index contributed by atoms with van der Waals surface area (Å²) in [6.07, 6.45) is 0.767. The molecule has 0 aliphatic carbocycles. The minimum absolute atomic E-state index is 0.505. The monoisotopic (exact) mass is 259 g/mol. The van der Waals surface area contributed by atoms with Gasteiger partial charge in [-0.15, -0.1) is 0 Å². The number of carbonyl (C=O) groups excluding carboxylic acids is 1. The normalized spacial score (nSPS) is 17.2. The summed E-state index contributed by atoms with van der Waals surface area (Å²) >= 11 is 4.91. The minimum atomic E-state index is -4.30. The lowest BCUT2D eigenvalue weighted by atomic mass is 10.3. The maximum atomic E-state index is 11.3. The van der Waals surface area contributed by atoms with Crippen LogP contribution in [0.4, 0.5) is 0 Å². The summed E-state index contributed by atoms with van der Waals surface area (Å²) in [7, 11) is 1.40. The molecule has 0 heterocycles. The first kappa shape index (κ1) is 14.9. The Kier molecular flexibility index (Phi) is 6.40. The van der Waals surface area contributed by atoms with Crippen LogP contribution >= 0.6 is 18.2 Å². The van der Waals surface area contributed by atoms with E-state index in [9.17, 15) is 9.36 Å². The second-order valence-corrected chi connectivity index (χ2v) is 5.23. The fourth-order valence-corrected chi connectivity index (χ4v) is 1.55. The summed E-state index contributed by atoms with van der Waals surface area (Å²) in [4.78, 5) is 24.8. The molecule has 0 radical (unpaired) electrons. The number of halogens is 1. The van der Waals surface area contributed by atoms with Gasteiger partial charge >= 0.3 is 12.9 Å². The second-order valence-electron chi connectivity index (χ2n) is 2.86. The van der Waals surface area contributed by atoms with Gasteiger partial charge in [-0.2, -0.15) is 5.06 Å². The number of nitrogens with zero attached hydrogens (tertiary/aromatic N) is 1. The molecule has 2 atom stereocenters. The third-order valence-corrected chi connectivity index (χ3v) is 2.27. The van der Waals surface area contributed by atoms with Crippen LogP contribution in [0, 0.1) is 0 Å². The van der Waals surface area contributed by atoms with E-state index < -0.39 is 19.0 Å². The van der Waals surface area contributed by atoms with Crippen molar-refractivity contribution >= 4 is 24.2 Å². The van der Waals surface area contributed by atoms with Gasteiger partial charge in [0, 0.05) is 17.8 Å². The van der Waals surface area contributed by atoms with E-state index in [2.05, 4.69) is 4.52 Å². The van der Waals surface area contributed by atoms with Gasteiger partial charge in [-0.25, -0.2) is 9.36 Å². The Balaban J connectivity index is 4.34. The average Bonchev–Trinajstić information content (AvgIpc) is 2.10. The molecule has 15 heavy (non-hydrogen) atoms. The Morgan fingerprint density at radius 1 is 1.67 bits per heavy atom. The molecule has 8 heteroatoms. The Labute approximate surface area is 93.4 Å². The molecule has 0 spiro atoms. The predicted octanol–water partition coefficient (Wildman–Crippen LogP) is 1.53. The van der Waals surface area contributed by atoms with Crippen LogP contribution < -0.4 is 0 Å². The van der Waals surface area contributed by atoms with Crippen molar-refractivity contribution in [1.29, 1.82) is 0 Å². The molecule has 1 N–H and O–H groups in total. The molecule has 0 amide bonds. The number of hydroxylamine groups is 2. The standard InChI is InChI=1S/C7H15ClNO5P/c1-4-5-9(13-3)6(2)7(10)14-15(8,11)12/h6H,4-5H2,1-3H3,(H,11,12)/t6-/m0/s1. The van der Waals surface area contributed by atoms with Gasteiger partial charge in [-0.1, -0.05) is 6.92 Å². The zero-order valence-corrected chi connectivity index (χ0v) is 10.5. The van der Waals surface area contributed by atoms with Crippen molar-refractivity contribution in [3.05, 3.63) is 0 Å². The maximum Gasteiger partial charge on any atom is 0.476 e. The Morgan fingerprint density at radius 3 is 2.53 bits per heavy atom. The molecule has 0 saturated carbocycles. The van der Waals surface area contributed by atoms with Crippen molar-refractivity contribution in [3.8, 4) is 0 Å². The fourth-order valence-electron chi connectivity index (χ4n) is 0.968. The predicted molar refractivity (Wildman–Crippen MR) is 55.2 cm³/mol. The first-order chi connectivity index (χ1) is 6.81. The molecule has 0 aliphatic rings. The summed E-state index contributed by atoms with van der Waals surface area (Å²) < 4.78 is 14.8. The number of hydrogen-bond donors (Lipinski definition) is 1. The molecular weight excluding hydrogens is 245 g/mol. The lowest BCUT2D eigenvalue weighted by Gasteiger charge is -2.24. The van der Waals surface area contributed by atoms with E-state index in [0.717, 1.165) is 6.42 Å². The molecule has 0 aromatic rings. The largest absolute Gasteiger partial charge is 0.476 e. The Morgan fingerprint density at radius 2 is 2.20 bits per heavy atom. The van der Waals surface area contributed by atoms with Crippen LogP contribution in [-0.4, -0.2) is 35.6 Å². The summed E-state index contributed by atoms with van der Waals surface area (Å²) in [6.45, 7) is -0.400. The van der Waals surface area contributed by atoms with Gasteiger partial charge in [0.1, 0.15) is 6.04 Å². The summed E-state index contributed by atoms with van der Waals surface area (Å²) in [5.74, 6) is -0.897. The maximum absolute atomic E-state index is 11.3. The zero-order chi connectivity index (χ0) is 12.1. The molecule has 0 aromatic carbocycles. The van der Waals surface area contributed by atoms with Crippen LogP contribution in [0.5, 0.6) is 0 Å². The molecule has 6 nitrogen and oxygen atoms in total. The molecule has 0 bridgehead atoms. The van der Waals surface area contributed by atoms with Gasteiger partial charge < -0.3 is 14.3 Å². The lowest BCUT2D eigenvalue weighted by molar-refractivity contribution is -0.179. The van der Waals surface area contributed by atoms with Gasteiger partial charge in [0.05, 0.1) is 7.11 Å². The second kappa shape index (κ2) is 6.45. The highest BCUT2D eigenvalue weighted by Gasteiger charge is 2.28. The van der Waals surface area contributed by atoms with Gasteiger partial charge in [0.15, 0.2) is 0 Å². The molecule has 0 aliphatic heterocycles. The number of rotatable bonds is 6. The smallest absolute Gasteiger partial charge is 0.379 e. The van der Waals surface area contributed by atoms with Crippen molar-refractivity contribution in [2.24, 2.45) is 0 Å². The van der Waals surface area contributed by atoms with Crippen LogP contribution in [0.3, 0.4) is 0 Å². The quantitative estimate of drug-likeness (QED) is 0.576. The van der Waals surface area contributed by atoms with Gasteiger partial charge in [-0.3, -0.25) is 0 Å². The molecular formula is C7H15ClNO5P. The zero-order valence-electron chi connectivity index (χ0n) is 8.84. The van der Waals surface area contributed by atoms with E-state index in [1.165, 1.54) is 19.1 Å². The van der Waals surface area contributed by atoms with Crippen LogP contribution in [0.25, 0.3) is 0 Å². The Hall–Kier alpha value is -0.130. The van der Waals surface area contributed by atoms with Gasteiger partial charge in [0.2, 0.25) is 0 Å². The molecule has 0 fully saturated rings. The minimum Gasteiger partial charge on any atom is -0.379 e. The highest BCUT2D eigenvalue weighted by atomic mass is 35.7. The van der Waals surface area contributed by atoms with Crippen molar-refractivity contribution in [3.63, 3.8) is 0 Å². The lowest BCUT2D eigenvalue weighted by Crippen LogP contribution is -2.39. The van der Waals surface area contributed by atoms with Crippen molar-refractivity contribution in [2.75, 3.05) is 13.7 Å². The highest BCUT2D eigenvalue weighted by molar-refractivity contribution is 7.80. The SMILES string of the molecule is CCCN(OC)[C@@H](C)C(=O)OP(=O)(O)Cl. The number of hydrogen-bond acceptors (Lipinski definition) is 5. The molecule has 0 rings (SSSR count). The highest BCUT2D eigenvalue weighted by Crippen LogP contribution is 2.47. The first-order valence-electron chi connectivity index (χ1n) is 4.38. The summed E-state index contributed by atoms with van der Waals surface area (Å²) in [6, 6.07) is -0.783. The molecule has 0 aromatic heterocycles. The van der Waals surface area contributed by atoms with E-state index in [0.29, 0.717) is 6.54 Å². The Bertz CT molecular complexity index is 256. The van der Waals surface area contributed by atoms with Crippen molar-refractivity contribution in [1.82, 2.24) is 5.06 Å². The summed E-state index contributed by atoms with van der Waals surface area (Å²) in [5, 5.41) is 1.34. The van der Waals surface area contributed by atoms with Crippen LogP contribution in [-0.2, 0) is 18.7 Å². The van der Waals surface area contributed by atoms with E-state index >= 15 is 0 Å². The molecule has 1 unspecified atom stereocenters. The molecule has 0 saturated heterocycles. The first-order valence-corrected chi connectivity index (χ1v) is 6.86. The van der Waals surface area contributed by atoms with Gasteiger partial charge in [0.25, 0.3) is 0 Å². The van der Waals surface area contributed by atoms with E-state index in [1.54, 1.807) is 0 Å². The van der Waals surface area contributed by atoms with E-state index in [1.807, 2.05) is 6.92 Å². The third-order valence-electron chi connectivity index (χ3n) is 1.65. The number of carbonyl (C=O) groups is 1. The van der Waals surface area contributed by atoms with Crippen LogP contribution in [0.2, 0.25) is 0 Å². The van der Waals surface area contributed by atoms with Crippen molar-refractivity contribution in [2.45, 2.75) is 26.3 Å². The fraction of sp³-hybridized carbons (Fsp3) is 0.857. The van der Waals surface area contributed by atoms with Crippen LogP contribution in [0.15, 0.2) is 0 Å². The third kappa shape index (κ3) is 6.12. The average molecular weight is 260 g/mol. The van der Waals surface area contributed by atoms with E-state index in [-0.39, 0.29) is 0 Å².